The maximum absolute atomic E-state index is 12.0. The van der Waals surface area contributed by atoms with E-state index in [0.717, 1.165) is 12.8 Å². The van der Waals surface area contributed by atoms with Gasteiger partial charge in [-0.05, 0) is 19.3 Å². The molecule has 23 heavy (non-hydrogen) atoms. The third kappa shape index (κ3) is 2.71. The van der Waals surface area contributed by atoms with Crippen LogP contribution in [0.5, 0.6) is 0 Å². The molecule has 0 aromatic heterocycles. The van der Waals surface area contributed by atoms with E-state index in [1.807, 2.05) is 0 Å². The molecule has 2 heterocycles. The van der Waals surface area contributed by atoms with E-state index in [0.29, 0.717) is 18.4 Å². The van der Waals surface area contributed by atoms with Crippen molar-refractivity contribution in [1.29, 1.82) is 0 Å². The summed E-state index contributed by atoms with van der Waals surface area (Å²) in [5.74, 6) is -1.80. The van der Waals surface area contributed by atoms with Gasteiger partial charge < -0.3 is 14.4 Å². The van der Waals surface area contributed by atoms with E-state index < -0.39 is 17.9 Å². The Labute approximate surface area is 131 Å². The van der Waals surface area contributed by atoms with Crippen LogP contribution in [0.15, 0.2) is 17.2 Å². The third-order valence-electron chi connectivity index (χ3n) is 4.40. The molecule has 1 fully saturated rings. The molecule has 0 spiro atoms. The van der Waals surface area contributed by atoms with E-state index in [1.165, 1.54) is 7.11 Å². The van der Waals surface area contributed by atoms with Crippen molar-refractivity contribution in [3.8, 4) is 11.3 Å². The second-order valence-corrected chi connectivity index (χ2v) is 5.78. The Kier molecular flexibility index (Phi) is 3.89. The van der Waals surface area contributed by atoms with E-state index >= 15 is 0 Å². The number of methoxy groups -OCH3 is 1. The first kappa shape index (κ1) is 15.3. The number of carbonyl (C=O) groups excluding carboxylic acids is 1. The SMILES string of the molecule is COC(=O)c1cn([C@@H]2CCC[C@@H](C(=O)O)C2)cc2c(=O)[nH]nc1-2. The van der Waals surface area contributed by atoms with Crippen molar-refractivity contribution < 1.29 is 19.4 Å². The van der Waals surface area contributed by atoms with Gasteiger partial charge in [-0.1, -0.05) is 6.42 Å². The number of carboxylic acids is 1. The van der Waals surface area contributed by atoms with Crippen LogP contribution in [0.3, 0.4) is 0 Å². The van der Waals surface area contributed by atoms with Crippen LogP contribution < -0.4 is 5.56 Å². The van der Waals surface area contributed by atoms with Gasteiger partial charge in [0.25, 0.3) is 5.56 Å². The summed E-state index contributed by atoms with van der Waals surface area (Å²) in [5, 5.41) is 15.4. The van der Waals surface area contributed by atoms with E-state index in [-0.39, 0.29) is 22.9 Å². The van der Waals surface area contributed by atoms with Crippen LogP contribution in [0.4, 0.5) is 0 Å². The number of aromatic amines is 1. The fourth-order valence-electron chi connectivity index (χ4n) is 3.19. The van der Waals surface area contributed by atoms with Gasteiger partial charge in [-0.25, -0.2) is 9.89 Å². The standard InChI is InChI=1S/C15H17N3O5/c1-23-15(22)11-7-18(6-10-12(11)16-17-13(10)19)9-4-2-3-8(5-9)14(20)21/h6-9H,2-5H2,1H3,(H,17,19)(H,20,21)/t8-,9-/m1/s1. The highest BCUT2D eigenvalue weighted by Gasteiger charge is 2.30. The molecule has 8 nitrogen and oxygen atoms in total. The number of H-pyrrole nitrogens is 1. The monoisotopic (exact) mass is 319 g/mol. The van der Waals surface area contributed by atoms with Crippen LogP contribution >= 0.6 is 0 Å². The Morgan fingerprint density at radius 2 is 2.17 bits per heavy atom. The lowest BCUT2D eigenvalue weighted by Crippen LogP contribution is -2.25. The molecule has 0 amide bonds. The number of nitrogens with one attached hydrogen (secondary N) is 1. The highest BCUT2D eigenvalue weighted by molar-refractivity contribution is 5.95. The van der Waals surface area contributed by atoms with Gasteiger partial charge in [-0.15, -0.1) is 0 Å². The summed E-state index contributed by atoms with van der Waals surface area (Å²) in [5.41, 5.74) is 0.375. The topological polar surface area (TPSA) is 114 Å². The Balaban J connectivity index is 2.05. The minimum Gasteiger partial charge on any atom is -0.481 e. The first-order valence-corrected chi connectivity index (χ1v) is 7.42. The highest BCUT2D eigenvalue weighted by atomic mass is 16.5. The van der Waals surface area contributed by atoms with E-state index in [4.69, 9.17) is 4.74 Å². The lowest BCUT2D eigenvalue weighted by molar-refractivity contribution is -0.143. The number of ether oxygens (including phenoxy) is 1. The molecule has 3 aliphatic rings. The molecule has 2 atom stereocenters. The number of carbonyl (C=O) groups is 2. The minimum atomic E-state index is -0.808. The summed E-state index contributed by atoms with van der Waals surface area (Å²) in [4.78, 5) is 35.1. The van der Waals surface area contributed by atoms with Gasteiger partial charge >= 0.3 is 11.9 Å². The van der Waals surface area contributed by atoms with Gasteiger partial charge in [0.05, 0.1) is 18.6 Å². The number of hydrogen-bond acceptors (Lipinski definition) is 5. The molecular formula is C15H17N3O5. The Hall–Kier alpha value is -2.64. The second kappa shape index (κ2) is 5.86. The number of aliphatic carboxylic acids is 1. The number of pyridine rings is 1. The summed E-state index contributed by atoms with van der Waals surface area (Å²) >= 11 is 0. The Morgan fingerprint density at radius 3 is 2.87 bits per heavy atom. The van der Waals surface area contributed by atoms with Crippen molar-refractivity contribution in [2.75, 3.05) is 7.11 Å². The predicted molar refractivity (Wildman–Crippen MR) is 79.4 cm³/mol. The van der Waals surface area contributed by atoms with Crippen LogP contribution in [0.2, 0.25) is 0 Å². The zero-order valence-corrected chi connectivity index (χ0v) is 12.6. The van der Waals surface area contributed by atoms with Gasteiger partial charge in [0.1, 0.15) is 11.3 Å². The fraction of sp³-hybridized carbons (Fsp3) is 0.467. The summed E-state index contributed by atoms with van der Waals surface area (Å²) in [6.07, 6.45) is 5.92. The number of carboxylic acid groups (broad SMARTS) is 1. The first-order chi connectivity index (χ1) is 11.0. The van der Waals surface area contributed by atoms with Crippen LogP contribution in [-0.4, -0.2) is 38.9 Å². The maximum Gasteiger partial charge on any atom is 0.341 e. The average Bonchev–Trinajstić information content (AvgIpc) is 2.94. The largest absolute Gasteiger partial charge is 0.481 e. The van der Waals surface area contributed by atoms with Crippen molar-refractivity contribution in [2.24, 2.45) is 5.92 Å². The zero-order chi connectivity index (χ0) is 16.6. The molecular weight excluding hydrogens is 302 g/mol. The highest BCUT2D eigenvalue weighted by Crippen LogP contribution is 2.34. The molecule has 122 valence electrons. The quantitative estimate of drug-likeness (QED) is 0.824. The molecule has 0 radical (unpaired) electrons. The van der Waals surface area contributed by atoms with E-state index in [9.17, 15) is 19.5 Å². The number of nitrogens with zero attached hydrogens (tertiary/aromatic N) is 2. The van der Waals surface area contributed by atoms with Gasteiger partial charge in [0.2, 0.25) is 0 Å². The van der Waals surface area contributed by atoms with Gasteiger partial charge in [0.15, 0.2) is 0 Å². The van der Waals surface area contributed by atoms with Crippen molar-refractivity contribution in [3.63, 3.8) is 0 Å². The van der Waals surface area contributed by atoms with Gasteiger partial charge in [0, 0.05) is 18.4 Å². The molecule has 0 aromatic carbocycles. The lowest BCUT2D eigenvalue weighted by Gasteiger charge is -2.29. The summed E-state index contributed by atoms with van der Waals surface area (Å²) in [6, 6.07) is -0.0769. The molecule has 0 bridgehead atoms. The molecule has 1 saturated carbocycles. The van der Waals surface area contributed by atoms with Crippen LogP contribution in [0.25, 0.3) is 11.3 Å². The normalized spacial score (nSPS) is 21.3. The number of fused-ring (bicyclic) bond motifs is 1. The van der Waals surface area contributed by atoms with Crippen LogP contribution in [0.1, 0.15) is 42.1 Å². The Bertz CT molecular complexity index is 778. The minimum absolute atomic E-state index is 0.0769. The number of aromatic nitrogens is 3. The lowest BCUT2D eigenvalue weighted by atomic mass is 9.85. The van der Waals surface area contributed by atoms with Gasteiger partial charge in [-0.3, -0.25) is 9.59 Å². The summed E-state index contributed by atoms with van der Waals surface area (Å²) < 4.78 is 6.50. The smallest absolute Gasteiger partial charge is 0.341 e. The number of esters is 1. The predicted octanol–water partition coefficient (Wildman–Crippen LogP) is 1.28. The number of hydrogen-bond donors (Lipinski definition) is 2. The van der Waals surface area contributed by atoms with Crippen LogP contribution in [0, 0.1) is 5.92 Å². The summed E-state index contributed by atoms with van der Waals surface area (Å²) in [7, 11) is 1.26. The average molecular weight is 319 g/mol. The molecule has 0 saturated heterocycles. The first-order valence-electron chi connectivity index (χ1n) is 7.42. The van der Waals surface area contributed by atoms with Crippen molar-refractivity contribution in [1.82, 2.24) is 14.8 Å². The van der Waals surface area contributed by atoms with E-state index in [1.54, 1.807) is 17.0 Å². The van der Waals surface area contributed by atoms with Crippen molar-refractivity contribution >= 4 is 11.9 Å². The molecule has 2 aliphatic heterocycles. The molecule has 8 heteroatoms. The second-order valence-electron chi connectivity index (χ2n) is 5.78. The fourth-order valence-corrected chi connectivity index (χ4v) is 3.19. The molecule has 2 N–H and O–H groups in total. The molecule has 1 aliphatic carbocycles. The third-order valence-corrected chi connectivity index (χ3v) is 4.40. The van der Waals surface area contributed by atoms with Crippen molar-refractivity contribution in [2.45, 2.75) is 31.7 Å². The van der Waals surface area contributed by atoms with E-state index in [2.05, 4.69) is 10.2 Å². The molecule has 0 unspecified atom stereocenters. The van der Waals surface area contributed by atoms with Gasteiger partial charge in [-0.2, -0.15) is 5.10 Å². The summed E-state index contributed by atoms with van der Waals surface area (Å²) in [6.45, 7) is 0. The number of rotatable bonds is 3. The van der Waals surface area contributed by atoms with Crippen molar-refractivity contribution in [3.05, 3.63) is 28.3 Å². The molecule has 3 rings (SSSR count). The zero-order valence-electron chi connectivity index (χ0n) is 12.6. The maximum atomic E-state index is 12.0. The van der Waals surface area contributed by atoms with Crippen LogP contribution in [-0.2, 0) is 9.53 Å². The molecule has 0 aromatic rings. The Morgan fingerprint density at radius 1 is 1.39 bits per heavy atom.